The summed E-state index contributed by atoms with van der Waals surface area (Å²) in [5.74, 6) is 0. The summed E-state index contributed by atoms with van der Waals surface area (Å²) < 4.78 is 5.76. The lowest BCUT2D eigenvalue weighted by Crippen LogP contribution is -2.17. The van der Waals surface area contributed by atoms with Crippen molar-refractivity contribution in [3.05, 3.63) is 59.7 Å². The first-order chi connectivity index (χ1) is 9.90. The van der Waals surface area contributed by atoms with Gasteiger partial charge >= 0.3 is 0 Å². The lowest BCUT2D eigenvalue weighted by molar-refractivity contribution is 0.555. The molecule has 3 heteroatoms. The summed E-state index contributed by atoms with van der Waals surface area (Å²) in [5.41, 5.74) is 4.55. The van der Waals surface area contributed by atoms with Gasteiger partial charge in [-0.1, -0.05) is 36.4 Å². The van der Waals surface area contributed by atoms with Crippen molar-refractivity contribution in [2.45, 2.75) is 25.3 Å². The number of fused-ring (bicyclic) bond motifs is 2. The Hall–Kier alpha value is -2.29. The maximum atomic E-state index is 5.76. The van der Waals surface area contributed by atoms with Crippen molar-refractivity contribution in [3.63, 3.8) is 0 Å². The van der Waals surface area contributed by atoms with E-state index < -0.39 is 0 Å². The predicted octanol–water partition coefficient (Wildman–Crippen LogP) is 4.32. The van der Waals surface area contributed by atoms with Gasteiger partial charge in [-0.05, 0) is 42.5 Å². The minimum atomic E-state index is 0.299. The number of anilines is 1. The average molecular weight is 264 g/mol. The minimum absolute atomic E-state index is 0.299. The van der Waals surface area contributed by atoms with Crippen molar-refractivity contribution in [2.24, 2.45) is 0 Å². The third-order valence-corrected chi connectivity index (χ3v) is 3.96. The maximum absolute atomic E-state index is 5.76. The predicted molar refractivity (Wildman–Crippen MR) is 79.8 cm³/mol. The van der Waals surface area contributed by atoms with Gasteiger partial charge in [0, 0.05) is 0 Å². The molecule has 2 aromatic carbocycles. The number of rotatable bonds is 2. The third-order valence-electron chi connectivity index (χ3n) is 3.96. The number of para-hydroxylation sites is 2. The molecule has 1 heterocycles. The van der Waals surface area contributed by atoms with Crippen molar-refractivity contribution in [3.8, 4) is 0 Å². The van der Waals surface area contributed by atoms with Crippen LogP contribution in [0.15, 0.2) is 52.9 Å². The minimum Gasteiger partial charge on any atom is -0.424 e. The Morgan fingerprint density at radius 3 is 2.85 bits per heavy atom. The van der Waals surface area contributed by atoms with E-state index in [2.05, 4.69) is 34.6 Å². The first-order valence-electron chi connectivity index (χ1n) is 7.10. The molecule has 0 saturated carbocycles. The summed E-state index contributed by atoms with van der Waals surface area (Å²) in [7, 11) is 0. The highest BCUT2D eigenvalue weighted by Crippen LogP contribution is 2.32. The maximum Gasteiger partial charge on any atom is 0.296 e. The van der Waals surface area contributed by atoms with Crippen molar-refractivity contribution < 1.29 is 4.42 Å². The highest BCUT2D eigenvalue weighted by molar-refractivity contribution is 5.74. The molecule has 1 aromatic heterocycles. The highest BCUT2D eigenvalue weighted by atomic mass is 16.4. The molecule has 0 bridgehead atoms. The van der Waals surface area contributed by atoms with Crippen LogP contribution in [0.4, 0.5) is 6.01 Å². The molecule has 0 aliphatic heterocycles. The quantitative estimate of drug-likeness (QED) is 0.749. The first kappa shape index (κ1) is 11.5. The van der Waals surface area contributed by atoms with E-state index in [0.717, 1.165) is 17.5 Å². The van der Waals surface area contributed by atoms with Crippen LogP contribution in [0.25, 0.3) is 11.1 Å². The Kier molecular flexibility index (Phi) is 2.69. The molecule has 3 nitrogen and oxygen atoms in total. The van der Waals surface area contributed by atoms with E-state index in [9.17, 15) is 0 Å². The number of aryl methyl sites for hydroxylation is 1. The zero-order valence-corrected chi connectivity index (χ0v) is 11.2. The lowest BCUT2D eigenvalue weighted by atomic mass is 9.88. The van der Waals surface area contributed by atoms with Crippen LogP contribution in [0.1, 0.15) is 30.0 Å². The van der Waals surface area contributed by atoms with Crippen LogP contribution in [-0.2, 0) is 6.42 Å². The Bertz CT molecular complexity index is 714. The Morgan fingerprint density at radius 1 is 1.05 bits per heavy atom. The highest BCUT2D eigenvalue weighted by Gasteiger charge is 2.21. The van der Waals surface area contributed by atoms with Gasteiger partial charge in [0.25, 0.3) is 6.01 Å². The Morgan fingerprint density at radius 2 is 1.90 bits per heavy atom. The normalized spacial score (nSPS) is 17.9. The van der Waals surface area contributed by atoms with E-state index >= 15 is 0 Å². The van der Waals surface area contributed by atoms with E-state index in [1.54, 1.807) is 0 Å². The molecule has 1 atom stereocenters. The van der Waals surface area contributed by atoms with Crippen LogP contribution in [0.2, 0.25) is 0 Å². The molecule has 1 aliphatic rings. The molecular weight excluding hydrogens is 248 g/mol. The van der Waals surface area contributed by atoms with Crippen molar-refractivity contribution in [1.29, 1.82) is 0 Å². The molecule has 0 saturated heterocycles. The molecule has 1 unspecified atom stereocenters. The molecule has 3 aromatic rings. The Balaban J connectivity index is 1.66. The van der Waals surface area contributed by atoms with Crippen molar-refractivity contribution in [2.75, 3.05) is 5.32 Å². The molecule has 20 heavy (non-hydrogen) atoms. The topological polar surface area (TPSA) is 38.1 Å². The molecular formula is C17H16N2O. The zero-order valence-electron chi connectivity index (χ0n) is 11.2. The van der Waals surface area contributed by atoms with Gasteiger partial charge in [-0.3, -0.25) is 0 Å². The van der Waals surface area contributed by atoms with Gasteiger partial charge < -0.3 is 9.73 Å². The van der Waals surface area contributed by atoms with E-state index in [1.807, 2.05) is 24.3 Å². The largest absolute Gasteiger partial charge is 0.424 e. The molecule has 1 N–H and O–H groups in total. The number of hydrogen-bond donors (Lipinski definition) is 1. The number of hydrogen-bond acceptors (Lipinski definition) is 3. The van der Waals surface area contributed by atoms with E-state index in [4.69, 9.17) is 4.42 Å². The van der Waals surface area contributed by atoms with Crippen LogP contribution in [0.5, 0.6) is 0 Å². The molecule has 1 aliphatic carbocycles. The second-order valence-electron chi connectivity index (χ2n) is 5.27. The molecule has 100 valence electrons. The number of aromatic nitrogens is 1. The summed E-state index contributed by atoms with van der Waals surface area (Å²) in [6.45, 7) is 0. The van der Waals surface area contributed by atoms with Gasteiger partial charge in [-0.2, -0.15) is 4.98 Å². The van der Waals surface area contributed by atoms with Crippen LogP contribution >= 0.6 is 0 Å². The monoisotopic (exact) mass is 264 g/mol. The van der Waals surface area contributed by atoms with E-state index in [-0.39, 0.29) is 0 Å². The Labute approximate surface area is 117 Å². The third kappa shape index (κ3) is 1.95. The molecule has 4 rings (SSSR count). The molecule has 0 fully saturated rings. The van der Waals surface area contributed by atoms with Gasteiger partial charge in [0.15, 0.2) is 5.58 Å². The lowest BCUT2D eigenvalue weighted by Gasteiger charge is -2.25. The molecule has 0 amide bonds. The zero-order chi connectivity index (χ0) is 13.4. The van der Waals surface area contributed by atoms with Crippen molar-refractivity contribution >= 4 is 17.1 Å². The number of benzene rings is 2. The molecule has 0 spiro atoms. The van der Waals surface area contributed by atoms with Gasteiger partial charge in [-0.15, -0.1) is 0 Å². The summed E-state index contributed by atoms with van der Waals surface area (Å²) in [6, 6.07) is 17.4. The van der Waals surface area contributed by atoms with Crippen LogP contribution in [0.3, 0.4) is 0 Å². The van der Waals surface area contributed by atoms with Gasteiger partial charge in [0.05, 0.1) is 6.04 Å². The van der Waals surface area contributed by atoms with Crippen molar-refractivity contribution in [1.82, 2.24) is 4.98 Å². The fourth-order valence-electron chi connectivity index (χ4n) is 2.99. The summed E-state index contributed by atoms with van der Waals surface area (Å²) >= 11 is 0. The fourth-order valence-corrected chi connectivity index (χ4v) is 2.99. The number of nitrogens with zero attached hydrogens (tertiary/aromatic N) is 1. The summed E-state index contributed by atoms with van der Waals surface area (Å²) in [4.78, 5) is 4.50. The van der Waals surface area contributed by atoms with E-state index in [0.29, 0.717) is 12.1 Å². The van der Waals surface area contributed by atoms with E-state index in [1.165, 1.54) is 24.0 Å². The van der Waals surface area contributed by atoms with Crippen LogP contribution in [-0.4, -0.2) is 4.98 Å². The fraction of sp³-hybridized carbons (Fsp3) is 0.235. The standard InChI is InChI=1S/C17H16N2O/c1-2-8-13-12(6-1)7-5-10-14(13)18-17-19-15-9-3-4-11-16(15)20-17/h1-4,6,8-9,11,14H,5,7,10H2,(H,18,19). The second-order valence-corrected chi connectivity index (χ2v) is 5.27. The molecule has 0 radical (unpaired) electrons. The van der Waals surface area contributed by atoms with Crippen LogP contribution in [0, 0.1) is 0 Å². The second kappa shape index (κ2) is 4.67. The average Bonchev–Trinajstić information content (AvgIpc) is 2.90. The smallest absolute Gasteiger partial charge is 0.296 e. The number of nitrogens with one attached hydrogen (secondary N) is 1. The summed E-state index contributed by atoms with van der Waals surface area (Å²) in [5, 5.41) is 3.45. The van der Waals surface area contributed by atoms with Gasteiger partial charge in [-0.25, -0.2) is 0 Å². The van der Waals surface area contributed by atoms with Gasteiger partial charge in [0.1, 0.15) is 5.52 Å². The van der Waals surface area contributed by atoms with Gasteiger partial charge in [0.2, 0.25) is 0 Å². The SMILES string of the molecule is c1ccc2c(c1)CCCC2Nc1nc2ccccc2o1. The first-order valence-corrected chi connectivity index (χ1v) is 7.10. The van der Waals surface area contributed by atoms with Crippen LogP contribution < -0.4 is 5.32 Å². The number of oxazole rings is 1. The summed E-state index contributed by atoms with van der Waals surface area (Å²) in [6.07, 6.45) is 3.49.